The van der Waals surface area contributed by atoms with Crippen molar-refractivity contribution in [2.24, 2.45) is 0 Å². The molecule has 0 aliphatic heterocycles. The zero-order valence-corrected chi connectivity index (χ0v) is 8.39. The van der Waals surface area contributed by atoms with Crippen LogP contribution in [0, 0.1) is 0 Å². The molecule has 0 aliphatic carbocycles. The van der Waals surface area contributed by atoms with E-state index in [1.165, 1.54) is 0 Å². The Morgan fingerprint density at radius 3 is 2.67 bits per heavy atom. The molecule has 0 fully saturated rings. The minimum atomic E-state index is 0. The molecule has 0 saturated heterocycles. The van der Waals surface area contributed by atoms with E-state index in [0.29, 0.717) is 6.42 Å². The lowest BCUT2D eigenvalue weighted by atomic mass is 10.2. The number of hydrogen-bond acceptors (Lipinski definition) is 2. The normalized spacial score (nSPS) is 9.92. The molecule has 0 aromatic rings. The first-order valence-electron chi connectivity index (χ1n) is 4.61. The Hall–Kier alpha value is -0.570. The molecule has 74 valence electrons. The van der Waals surface area contributed by atoms with Crippen molar-refractivity contribution in [3.05, 3.63) is 0 Å². The van der Waals surface area contributed by atoms with Crippen LogP contribution in [0.5, 0.6) is 0 Å². The van der Waals surface area contributed by atoms with Crippen molar-refractivity contribution in [2.45, 2.75) is 26.2 Å². The highest BCUT2D eigenvalue weighted by Crippen LogP contribution is 1.97. The summed E-state index contributed by atoms with van der Waals surface area (Å²) in [6, 6.07) is 0. The summed E-state index contributed by atoms with van der Waals surface area (Å²) in [7, 11) is 3.78. The van der Waals surface area contributed by atoms with Gasteiger partial charge in [0.05, 0.1) is 0 Å². The molecule has 0 unspecified atom stereocenters. The molecule has 0 atom stereocenters. The van der Waals surface area contributed by atoms with Crippen LogP contribution in [-0.4, -0.2) is 38.0 Å². The molecular weight excluding hydrogens is 152 g/mol. The molecule has 0 aromatic carbocycles. The van der Waals surface area contributed by atoms with Crippen LogP contribution in [0.1, 0.15) is 27.6 Å². The van der Waals surface area contributed by atoms with Gasteiger partial charge in [0.15, 0.2) is 0 Å². The number of unbranched alkanes of at least 4 members (excludes halogenated alkanes) is 1. The van der Waals surface area contributed by atoms with Crippen LogP contribution < -0.4 is 5.32 Å². The lowest BCUT2D eigenvalue weighted by Crippen LogP contribution is -2.26. The number of nitrogens with zero attached hydrogens (tertiary/aromatic N) is 1. The molecular formula is C9H22N2O. The molecule has 0 bridgehead atoms. The summed E-state index contributed by atoms with van der Waals surface area (Å²) < 4.78 is 0. The van der Waals surface area contributed by atoms with Gasteiger partial charge in [-0.1, -0.05) is 0 Å². The predicted molar refractivity (Wildman–Crippen MR) is 53.2 cm³/mol. The van der Waals surface area contributed by atoms with Crippen LogP contribution in [0.15, 0.2) is 0 Å². The fourth-order valence-electron chi connectivity index (χ4n) is 0.945. The zero-order chi connectivity index (χ0) is 9.40. The molecule has 0 radical (unpaired) electrons. The molecule has 3 heteroatoms. The van der Waals surface area contributed by atoms with Crippen molar-refractivity contribution < 1.29 is 6.22 Å². The Morgan fingerprint density at radius 1 is 1.50 bits per heavy atom. The molecule has 12 heavy (non-hydrogen) atoms. The minimum absolute atomic E-state index is 0. The Labute approximate surface area is 76.6 Å². The fourth-order valence-corrected chi connectivity index (χ4v) is 0.945. The van der Waals surface area contributed by atoms with Crippen LogP contribution >= 0.6 is 0 Å². The number of nitrogens with one attached hydrogen (secondary N) is 1. The largest absolute Gasteiger partial charge is 0.346 e. The van der Waals surface area contributed by atoms with E-state index in [0.717, 1.165) is 25.9 Å². The number of amides is 1. The summed E-state index contributed by atoms with van der Waals surface area (Å²) in [6.07, 6.45) is 2.76. The molecule has 0 spiro atoms. The molecule has 0 heterocycles. The minimum Gasteiger partial charge on any atom is -0.346 e. The highest BCUT2D eigenvalue weighted by atomic mass is 16.2. The Bertz CT molecular complexity index is 131. The monoisotopic (exact) mass is 174 g/mol. The van der Waals surface area contributed by atoms with E-state index in [9.17, 15) is 4.79 Å². The number of hydrogen-bond donors (Lipinski definition) is 1. The van der Waals surface area contributed by atoms with Gasteiger partial charge >= 0.3 is 0 Å². The topological polar surface area (TPSA) is 32.3 Å². The number of rotatable bonds is 6. The van der Waals surface area contributed by atoms with Crippen LogP contribution in [0.25, 0.3) is 0 Å². The average Bonchev–Trinajstić information content (AvgIpc) is 2.10. The standard InChI is InChI=1S/C9H20N2O.H2/c1-4-11(3)9(12)7-5-6-8-10-2;/h10H,4-8H2,1-3H3;1H. The summed E-state index contributed by atoms with van der Waals surface area (Å²) >= 11 is 0. The number of carbonyl (C=O) groups is 1. The first kappa shape index (κ1) is 11.4. The van der Waals surface area contributed by atoms with Gasteiger partial charge in [-0.2, -0.15) is 0 Å². The average molecular weight is 174 g/mol. The molecule has 0 rings (SSSR count). The predicted octanol–water partition coefficient (Wildman–Crippen LogP) is 1.10. The van der Waals surface area contributed by atoms with Gasteiger partial charge in [0, 0.05) is 21.4 Å². The third-order valence-electron chi connectivity index (χ3n) is 1.97. The SMILES string of the molecule is CCN(C)C(=O)CCCCNC.[HH]. The lowest BCUT2D eigenvalue weighted by molar-refractivity contribution is -0.129. The van der Waals surface area contributed by atoms with Gasteiger partial charge in [-0.05, 0) is 33.4 Å². The summed E-state index contributed by atoms with van der Waals surface area (Å²) in [5, 5.41) is 3.06. The van der Waals surface area contributed by atoms with Crippen molar-refractivity contribution in [2.75, 3.05) is 27.2 Å². The summed E-state index contributed by atoms with van der Waals surface area (Å²) in [4.78, 5) is 13.0. The van der Waals surface area contributed by atoms with Crippen molar-refractivity contribution in [1.29, 1.82) is 0 Å². The van der Waals surface area contributed by atoms with Gasteiger partial charge in [0.25, 0.3) is 0 Å². The molecule has 0 saturated carbocycles. The Balaban J connectivity index is 0. The Morgan fingerprint density at radius 2 is 2.17 bits per heavy atom. The summed E-state index contributed by atoms with van der Waals surface area (Å²) in [6.45, 7) is 3.81. The maximum atomic E-state index is 11.2. The second kappa shape index (κ2) is 7.10. The highest BCUT2D eigenvalue weighted by Gasteiger charge is 2.04. The second-order valence-electron chi connectivity index (χ2n) is 2.97. The van der Waals surface area contributed by atoms with E-state index in [4.69, 9.17) is 0 Å². The van der Waals surface area contributed by atoms with Crippen molar-refractivity contribution in [3.63, 3.8) is 0 Å². The molecule has 3 nitrogen and oxygen atoms in total. The maximum Gasteiger partial charge on any atom is 0.222 e. The van der Waals surface area contributed by atoms with Gasteiger partial charge in [0.1, 0.15) is 0 Å². The van der Waals surface area contributed by atoms with E-state index in [1.807, 2.05) is 21.0 Å². The first-order valence-corrected chi connectivity index (χ1v) is 4.61. The third kappa shape index (κ3) is 5.13. The van der Waals surface area contributed by atoms with Crippen molar-refractivity contribution >= 4 is 5.91 Å². The van der Waals surface area contributed by atoms with E-state index >= 15 is 0 Å². The van der Waals surface area contributed by atoms with Gasteiger partial charge in [0.2, 0.25) is 5.91 Å². The molecule has 1 amide bonds. The van der Waals surface area contributed by atoms with E-state index in [-0.39, 0.29) is 7.33 Å². The molecule has 1 N–H and O–H groups in total. The van der Waals surface area contributed by atoms with Crippen LogP contribution in [-0.2, 0) is 4.79 Å². The lowest BCUT2D eigenvalue weighted by Gasteiger charge is -2.13. The van der Waals surface area contributed by atoms with E-state index < -0.39 is 0 Å². The van der Waals surface area contributed by atoms with Gasteiger partial charge < -0.3 is 10.2 Å². The fraction of sp³-hybridized carbons (Fsp3) is 0.889. The second-order valence-corrected chi connectivity index (χ2v) is 2.97. The quantitative estimate of drug-likeness (QED) is 0.612. The zero-order valence-electron chi connectivity index (χ0n) is 8.39. The van der Waals surface area contributed by atoms with Crippen molar-refractivity contribution in [3.8, 4) is 0 Å². The Kier molecular flexibility index (Phi) is 6.76. The molecule has 0 aliphatic rings. The molecule has 0 aromatic heterocycles. The van der Waals surface area contributed by atoms with Crippen LogP contribution in [0.2, 0.25) is 0 Å². The third-order valence-corrected chi connectivity index (χ3v) is 1.97. The van der Waals surface area contributed by atoms with Crippen LogP contribution in [0.4, 0.5) is 0 Å². The first-order chi connectivity index (χ1) is 5.72. The maximum absolute atomic E-state index is 11.2. The van der Waals surface area contributed by atoms with Gasteiger partial charge in [-0.25, -0.2) is 0 Å². The highest BCUT2D eigenvalue weighted by molar-refractivity contribution is 5.75. The smallest absolute Gasteiger partial charge is 0.222 e. The summed E-state index contributed by atoms with van der Waals surface area (Å²) in [5.74, 6) is 0.258. The van der Waals surface area contributed by atoms with Crippen LogP contribution in [0.3, 0.4) is 0 Å². The van der Waals surface area contributed by atoms with Gasteiger partial charge in [-0.15, -0.1) is 0 Å². The van der Waals surface area contributed by atoms with Gasteiger partial charge in [-0.3, -0.25) is 4.79 Å². The van der Waals surface area contributed by atoms with E-state index in [1.54, 1.807) is 4.90 Å². The summed E-state index contributed by atoms with van der Waals surface area (Å²) in [5.41, 5.74) is 0. The van der Waals surface area contributed by atoms with E-state index in [2.05, 4.69) is 5.32 Å². The number of carbonyl (C=O) groups excluding carboxylic acids is 1. The van der Waals surface area contributed by atoms with Crippen molar-refractivity contribution in [1.82, 2.24) is 10.2 Å².